The van der Waals surface area contributed by atoms with Gasteiger partial charge in [0.05, 0.1) is 0 Å². The summed E-state index contributed by atoms with van der Waals surface area (Å²) in [4.78, 5) is 0. The van der Waals surface area contributed by atoms with Crippen LogP contribution in [0.15, 0.2) is 0 Å². The quantitative estimate of drug-likeness (QED) is 0.677. The minimum atomic E-state index is -2.39. The second-order valence-electron chi connectivity index (χ2n) is 3.22. The van der Waals surface area contributed by atoms with Crippen molar-refractivity contribution in [1.82, 2.24) is 0 Å². The molecule has 0 nitrogen and oxygen atoms in total. The van der Waals surface area contributed by atoms with Crippen LogP contribution in [0.1, 0.15) is 25.7 Å². The molecular formula is C6H10Cl2Sn. The zero-order valence-electron chi connectivity index (χ0n) is 5.24. The molecule has 0 unspecified atom stereocenters. The van der Waals surface area contributed by atoms with E-state index in [1.807, 2.05) is 0 Å². The van der Waals surface area contributed by atoms with E-state index in [2.05, 4.69) is 0 Å². The van der Waals surface area contributed by atoms with Gasteiger partial charge in [0.15, 0.2) is 0 Å². The summed E-state index contributed by atoms with van der Waals surface area (Å²) in [5, 5.41) is 0. The topological polar surface area (TPSA) is 0 Å². The van der Waals surface area contributed by atoms with Crippen molar-refractivity contribution in [3.8, 4) is 0 Å². The van der Waals surface area contributed by atoms with Crippen LogP contribution in [0.4, 0.5) is 0 Å². The second-order valence-corrected chi connectivity index (χ2v) is 21.4. The average Bonchev–Trinajstić information content (AvgIpc) is 2.62. The first-order valence-corrected chi connectivity index (χ1v) is 14.1. The van der Waals surface area contributed by atoms with Crippen LogP contribution in [0.5, 0.6) is 0 Å². The SMILES string of the molecule is [Cl][Sn]([Cl])([CH]1CC1)[CH]1CC1. The molecule has 3 heteroatoms. The maximum absolute atomic E-state index is 6.31. The summed E-state index contributed by atoms with van der Waals surface area (Å²) in [6.45, 7) is 0. The van der Waals surface area contributed by atoms with Gasteiger partial charge in [0.2, 0.25) is 0 Å². The van der Waals surface area contributed by atoms with Crippen molar-refractivity contribution in [3.63, 3.8) is 0 Å². The fourth-order valence-corrected chi connectivity index (χ4v) is 14.4. The molecule has 9 heavy (non-hydrogen) atoms. The van der Waals surface area contributed by atoms with Gasteiger partial charge in [-0.05, 0) is 0 Å². The van der Waals surface area contributed by atoms with Gasteiger partial charge in [0.1, 0.15) is 0 Å². The molecule has 2 fully saturated rings. The third kappa shape index (κ3) is 1.36. The molecule has 0 heterocycles. The van der Waals surface area contributed by atoms with Crippen molar-refractivity contribution in [2.45, 2.75) is 33.6 Å². The molecule has 2 saturated carbocycles. The van der Waals surface area contributed by atoms with Crippen molar-refractivity contribution in [3.05, 3.63) is 0 Å². The van der Waals surface area contributed by atoms with Gasteiger partial charge in [0.25, 0.3) is 0 Å². The molecule has 0 saturated heterocycles. The van der Waals surface area contributed by atoms with Crippen LogP contribution in [0.2, 0.25) is 7.87 Å². The van der Waals surface area contributed by atoms with Crippen molar-refractivity contribution in [2.24, 2.45) is 0 Å². The van der Waals surface area contributed by atoms with Crippen LogP contribution in [-0.2, 0) is 0 Å². The first-order valence-electron chi connectivity index (χ1n) is 3.59. The van der Waals surface area contributed by atoms with Gasteiger partial charge in [-0.1, -0.05) is 0 Å². The second kappa shape index (κ2) is 2.18. The first kappa shape index (κ1) is 7.05. The van der Waals surface area contributed by atoms with E-state index in [0.717, 1.165) is 7.87 Å². The van der Waals surface area contributed by atoms with Gasteiger partial charge in [-0.25, -0.2) is 0 Å². The Labute approximate surface area is 67.2 Å². The van der Waals surface area contributed by atoms with Crippen molar-refractivity contribution in [2.75, 3.05) is 0 Å². The Hall–Kier alpha value is 1.38. The zero-order chi connectivity index (χ0) is 6.48. The predicted molar refractivity (Wildman–Crippen MR) is 43.4 cm³/mol. The molecule has 2 rings (SSSR count). The van der Waals surface area contributed by atoms with Crippen molar-refractivity contribution < 1.29 is 0 Å². The van der Waals surface area contributed by atoms with E-state index >= 15 is 0 Å². The summed E-state index contributed by atoms with van der Waals surface area (Å²) in [7, 11) is 12.6. The Morgan fingerprint density at radius 3 is 1.44 bits per heavy atom. The van der Waals surface area contributed by atoms with Crippen LogP contribution in [-0.4, -0.2) is 16.1 Å². The van der Waals surface area contributed by atoms with Crippen LogP contribution in [0, 0.1) is 0 Å². The van der Waals surface area contributed by atoms with E-state index in [4.69, 9.17) is 17.8 Å². The van der Waals surface area contributed by atoms with E-state index in [0.29, 0.717) is 0 Å². The summed E-state index contributed by atoms with van der Waals surface area (Å²) >= 11 is -2.39. The van der Waals surface area contributed by atoms with Crippen molar-refractivity contribution >= 4 is 34.0 Å². The van der Waals surface area contributed by atoms with Crippen LogP contribution < -0.4 is 0 Å². The van der Waals surface area contributed by atoms with Gasteiger partial charge >= 0.3 is 67.5 Å². The van der Waals surface area contributed by atoms with E-state index < -0.39 is 16.1 Å². The monoisotopic (exact) mass is 272 g/mol. The van der Waals surface area contributed by atoms with Gasteiger partial charge in [-0.2, -0.15) is 0 Å². The van der Waals surface area contributed by atoms with Crippen LogP contribution in [0.25, 0.3) is 0 Å². The first-order chi connectivity index (χ1) is 4.21. The standard InChI is InChI=1S/2C3H5.2ClH.Sn/c2*1-2-3-1;;;/h2*1H,2-3H2;2*1H;/q;;;;+2/p-2. The number of hydrogen-bond acceptors (Lipinski definition) is 0. The molecule has 0 N–H and O–H groups in total. The molecular weight excluding hydrogens is 262 g/mol. The van der Waals surface area contributed by atoms with Gasteiger partial charge in [-0.15, -0.1) is 0 Å². The van der Waals surface area contributed by atoms with Gasteiger partial charge in [0, 0.05) is 0 Å². The minimum absolute atomic E-state index is 0.843. The third-order valence-electron chi connectivity index (χ3n) is 2.24. The third-order valence-corrected chi connectivity index (χ3v) is 20.0. The van der Waals surface area contributed by atoms with Crippen LogP contribution >= 0.6 is 17.8 Å². The zero-order valence-corrected chi connectivity index (χ0v) is 9.61. The van der Waals surface area contributed by atoms with E-state index in [9.17, 15) is 0 Å². The summed E-state index contributed by atoms with van der Waals surface area (Å²) in [6, 6.07) is 0. The summed E-state index contributed by atoms with van der Waals surface area (Å²) in [5.41, 5.74) is 0. The van der Waals surface area contributed by atoms with Gasteiger partial charge in [-0.3, -0.25) is 0 Å². The molecule has 0 aromatic rings. The maximum atomic E-state index is 6.31. The molecule has 52 valence electrons. The molecule has 0 radical (unpaired) electrons. The Bertz CT molecular complexity index is 113. The fourth-order valence-electron chi connectivity index (χ4n) is 1.27. The molecule has 2 aliphatic rings. The molecule has 0 aromatic carbocycles. The molecule has 0 amide bonds. The number of hydrogen-bond donors (Lipinski definition) is 0. The number of halogens is 2. The Balaban J connectivity index is 2.01. The molecule has 0 aliphatic heterocycles. The fraction of sp³-hybridized carbons (Fsp3) is 1.00. The van der Waals surface area contributed by atoms with E-state index in [1.54, 1.807) is 0 Å². The summed E-state index contributed by atoms with van der Waals surface area (Å²) in [6.07, 6.45) is 5.39. The Morgan fingerprint density at radius 1 is 0.889 bits per heavy atom. The Morgan fingerprint density at radius 2 is 1.22 bits per heavy atom. The molecule has 0 aromatic heterocycles. The Kier molecular flexibility index (Phi) is 1.71. The van der Waals surface area contributed by atoms with E-state index in [-0.39, 0.29) is 0 Å². The molecule has 0 spiro atoms. The van der Waals surface area contributed by atoms with Crippen molar-refractivity contribution in [1.29, 1.82) is 0 Å². The van der Waals surface area contributed by atoms with Gasteiger partial charge < -0.3 is 0 Å². The predicted octanol–water partition coefficient (Wildman–Crippen LogP) is 3.23. The number of rotatable bonds is 2. The molecule has 2 aliphatic carbocycles. The normalized spacial score (nSPS) is 28.7. The van der Waals surface area contributed by atoms with Crippen LogP contribution in [0.3, 0.4) is 0 Å². The summed E-state index contributed by atoms with van der Waals surface area (Å²) in [5.74, 6) is 0. The average molecular weight is 272 g/mol. The molecule has 0 bridgehead atoms. The van der Waals surface area contributed by atoms with E-state index in [1.165, 1.54) is 25.7 Å². The molecule has 0 atom stereocenters. The summed E-state index contributed by atoms with van der Waals surface area (Å²) < 4.78 is 1.69.